The Morgan fingerprint density at radius 2 is 1.81 bits per heavy atom. The van der Waals surface area contributed by atoms with E-state index in [4.69, 9.17) is 4.74 Å². The van der Waals surface area contributed by atoms with E-state index >= 15 is 0 Å². The van der Waals surface area contributed by atoms with E-state index in [-0.39, 0.29) is 43.2 Å². The zero-order valence-corrected chi connectivity index (χ0v) is 21.5. The smallest absolute Gasteiger partial charge is 0.306 e. The molecule has 0 fully saturated rings. The second kappa shape index (κ2) is 14.8. The van der Waals surface area contributed by atoms with Gasteiger partial charge in [-0.25, -0.2) is 0 Å². The van der Waals surface area contributed by atoms with Gasteiger partial charge >= 0.3 is 5.97 Å². The van der Waals surface area contributed by atoms with Gasteiger partial charge in [0.05, 0.1) is 13.0 Å². The highest BCUT2D eigenvalue weighted by atomic mass is 16.5. The molecule has 1 aromatic carbocycles. The minimum absolute atomic E-state index is 0.0349. The summed E-state index contributed by atoms with van der Waals surface area (Å²) < 4.78 is 5.15. The largest absolute Gasteiger partial charge is 0.497 e. The van der Waals surface area contributed by atoms with Gasteiger partial charge in [0.1, 0.15) is 5.75 Å². The SMILES string of the molecule is COc1ccc(/C=C/CCCCC(CC2=CC(C(=O)CCCC(=O)N(C)C)=CCC2=O)C(=O)O)cc1. The maximum atomic E-state index is 12.6. The van der Waals surface area contributed by atoms with Crippen molar-refractivity contribution in [2.45, 2.75) is 57.8 Å². The first-order chi connectivity index (χ1) is 17.2. The number of amides is 1. The number of rotatable bonds is 15. The van der Waals surface area contributed by atoms with Gasteiger partial charge < -0.3 is 14.7 Å². The van der Waals surface area contributed by atoms with Crippen molar-refractivity contribution in [1.82, 2.24) is 4.90 Å². The lowest BCUT2D eigenvalue weighted by Crippen LogP contribution is -2.21. The van der Waals surface area contributed by atoms with Gasteiger partial charge in [-0.1, -0.05) is 36.8 Å². The van der Waals surface area contributed by atoms with E-state index in [0.29, 0.717) is 24.0 Å². The Morgan fingerprint density at radius 1 is 1.08 bits per heavy atom. The van der Waals surface area contributed by atoms with Crippen LogP contribution < -0.4 is 4.74 Å². The van der Waals surface area contributed by atoms with Gasteiger partial charge in [-0.3, -0.25) is 19.2 Å². The summed E-state index contributed by atoms with van der Waals surface area (Å²) in [6, 6.07) is 7.75. The van der Waals surface area contributed by atoms with Crippen molar-refractivity contribution in [3.63, 3.8) is 0 Å². The maximum absolute atomic E-state index is 12.6. The second-order valence-electron chi connectivity index (χ2n) is 9.22. The Kier molecular flexibility index (Phi) is 11.8. The van der Waals surface area contributed by atoms with Gasteiger partial charge in [-0.2, -0.15) is 0 Å². The Labute approximate surface area is 213 Å². The zero-order chi connectivity index (χ0) is 26.5. The lowest BCUT2D eigenvalue weighted by Gasteiger charge is -2.17. The molecule has 194 valence electrons. The molecule has 1 unspecified atom stereocenters. The molecule has 1 amide bonds. The van der Waals surface area contributed by atoms with Crippen molar-refractivity contribution in [2.75, 3.05) is 21.2 Å². The molecular weight excluding hydrogens is 458 g/mol. The fourth-order valence-electron chi connectivity index (χ4n) is 3.96. The zero-order valence-electron chi connectivity index (χ0n) is 21.5. The number of carbonyl (C=O) groups is 4. The Balaban J connectivity index is 1.83. The number of benzene rings is 1. The number of hydrogen-bond donors (Lipinski definition) is 1. The molecule has 1 aromatic rings. The fourth-order valence-corrected chi connectivity index (χ4v) is 3.96. The first-order valence-electron chi connectivity index (χ1n) is 12.4. The van der Waals surface area contributed by atoms with Crippen LogP contribution in [0.3, 0.4) is 0 Å². The molecule has 0 heterocycles. The third kappa shape index (κ3) is 9.64. The minimum Gasteiger partial charge on any atom is -0.497 e. The molecule has 0 spiro atoms. The molecule has 2 rings (SSSR count). The van der Waals surface area contributed by atoms with E-state index in [1.54, 1.807) is 33.4 Å². The van der Waals surface area contributed by atoms with Crippen LogP contribution in [0.25, 0.3) is 6.08 Å². The van der Waals surface area contributed by atoms with Crippen LogP contribution in [0.5, 0.6) is 5.75 Å². The van der Waals surface area contributed by atoms with Crippen molar-refractivity contribution in [1.29, 1.82) is 0 Å². The number of Topliss-reactive ketones (excluding diaryl/α,β-unsaturated/α-hetero) is 2. The number of unbranched alkanes of at least 4 members (excludes halogenated alkanes) is 2. The van der Waals surface area contributed by atoms with Crippen LogP contribution >= 0.6 is 0 Å². The van der Waals surface area contributed by atoms with Gasteiger partial charge in [-0.15, -0.1) is 0 Å². The molecule has 0 bridgehead atoms. The number of allylic oxidation sites excluding steroid dienone is 5. The molecule has 1 aliphatic carbocycles. The summed E-state index contributed by atoms with van der Waals surface area (Å²) >= 11 is 0. The predicted octanol–water partition coefficient (Wildman–Crippen LogP) is 5.01. The first-order valence-corrected chi connectivity index (χ1v) is 12.4. The molecule has 1 atom stereocenters. The third-order valence-electron chi connectivity index (χ3n) is 6.23. The van der Waals surface area contributed by atoms with Crippen molar-refractivity contribution >= 4 is 29.5 Å². The quantitative estimate of drug-likeness (QED) is 0.343. The molecule has 1 aliphatic rings. The molecule has 7 nitrogen and oxygen atoms in total. The summed E-state index contributed by atoms with van der Waals surface area (Å²) in [5, 5.41) is 9.69. The highest BCUT2D eigenvalue weighted by Crippen LogP contribution is 2.26. The van der Waals surface area contributed by atoms with Crippen molar-refractivity contribution < 1.29 is 29.0 Å². The summed E-state index contributed by atoms with van der Waals surface area (Å²) in [6.07, 6.45) is 11.3. The lowest BCUT2D eigenvalue weighted by molar-refractivity contribution is -0.142. The highest BCUT2D eigenvalue weighted by molar-refractivity contribution is 6.06. The molecule has 36 heavy (non-hydrogen) atoms. The number of nitrogens with zero attached hydrogens (tertiary/aromatic N) is 1. The van der Waals surface area contributed by atoms with Crippen LogP contribution in [-0.2, 0) is 19.2 Å². The van der Waals surface area contributed by atoms with Gasteiger partial charge in [0.15, 0.2) is 11.6 Å². The lowest BCUT2D eigenvalue weighted by atomic mass is 9.86. The topological polar surface area (TPSA) is 101 Å². The number of carbonyl (C=O) groups excluding carboxylic acids is 3. The summed E-state index contributed by atoms with van der Waals surface area (Å²) in [7, 11) is 4.98. The van der Waals surface area contributed by atoms with Crippen LogP contribution in [-0.4, -0.2) is 54.7 Å². The molecule has 1 N–H and O–H groups in total. The molecule has 0 radical (unpaired) electrons. The standard InChI is InChI=1S/C29H37NO6/c1-30(2)28(33)12-8-11-26(31)22-15-18-27(32)24(19-22)20-23(29(34)35)10-7-5-4-6-9-21-13-16-25(36-3)17-14-21/h6,9,13-17,19,23H,4-5,7-8,10-12,18,20H2,1-3H3,(H,34,35)/b9-6+. The molecule has 0 aromatic heterocycles. The molecule has 0 saturated heterocycles. The van der Waals surface area contributed by atoms with Crippen LogP contribution in [0.15, 0.2) is 53.6 Å². The molecule has 0 saturated carbocycles. The summed E-state index contributed by atoms with van der Waals surface area (Å²) in [6.45, 7) is 0. The van der Waals surface area contributed by atoms with E-state index in [1.165, 1.54) is 4.90 Å². The normalized spacial score (nSPS) is 14.2. The van der Waals surface area contributed by atoms with E-state index in [1.807, 2.05) is 30.3 Å². The average molecular weight is 496 g/mol. The van der Waals surface area contributed by atoms with Gasteiger partial charge in [0.2, 0.25) is 5.91 Å². The number of ketones is 2. The predicted molar refractivity (Wildman–Crippen MR) is 140 cm³/mol. The van der Waals surface area contributed by atoms with Crippen LogP contribution in [0.4, 0.5) is 0 Å². The van der Waals surface area contributed by atoms with Gasteiger partial charge in [0, 0.05) is 38.9 Å². The number of aliphatic carboxylic acids is 1. The van der Waals surface area contributed by atoms with E-state index in [0.717, 1.165) is 30.6 Å². The van der Waals surface area contributed by atoms with Gasteiger partial charge in [0.25, 0.3) is 0 Å². The van der Waals surface area contributed by atoms with Gasteiger partial charge in [-0.05, 0) is 61.4 Å². The molecule has 7 heteroatoms. The fraction of sp³-hybridized carbons (Fsp3) is 0.448. The second-order valence-corrected chi connectivity index (χ2v) is 9.22. The summed E-state index contributed by atoms with van der Waals surface area (Å²) in [5.74, 6) is -1.08. The third-order valence-corrected chi connectivity index (χ3v) is 6.23. The molecular formula is C29H37NO6. The Hall–Kier alpha value is -3.48. The van der Waals surface area contributed by atoms with E-state index < -0.39 is 11.9 Å². The highest BCUT2D eigenvalue weighted by Gasteiger charge is 2.25. The molecule has 0 aliphatic heterocycles. The monoisotopic (exact) mass is 495 g/mol. The van der Waals surface area contributed by atoms with E-state index in [2.05, 4.69) is 6.08 Å². The first kappa shape index (κ1) is 28.8. The average Bonchev–Trinajstić information content (AvgIpc) is 2.86. The van der Waals surface area contributed by atoms with Crippen molar-refractivity contribution in [2.24, 2.45) is 5.92 Å². The van der Waals surface area contributed by atoms with Crippen LogP contribution in [0, 0.1) is 5.92 Å². The number of carboxylic acid groups (broad SMARTS) is 1. The Bertz CT molecular complexity index is 1020. The number of hydrogen-bond acceptors (Lipinski definition) is 5. The number of ether oxygens (including phenoxy) is 1. The summed E-state index contributed by atoms with van der Waals surface area (Å²) in [4.78, 5) is 50.0. The summed E-state index contributed by atoms with van der Waals surface area (Å²) in [5.41, 5.74) is 1.91. The number of carboxylic acids is 1. The number of methoxy groups -OCH3 is 1. The minimum atomic E-state index is -0.929. The van der Waals surface area contributed by atoms with Crippen molar-refractivity contribution in [3.05, 3.63) is 59.2 Å². The van der Waals surface area contributed by atoms with Crippen molar-refractivity contribution in [3.8, 4) is 5.75 Å². The Morgan fingerprint density at radius 3 is 2.44 bits per heavy atom. The van der Waals surface area contributed by atoms with Crippen LogP contribution in [0.2, 0.25) is 0 Å². The van der Waals surface area contributed by atoms with Crippen LogP contribution in [0.1, 0.15) is 63.4 Å². The van der Waals surface area contributed by atoms with E-state index in [9.17, 15) is 24.3 Å². The maximum Gasteiger partial charge on any atom is 0.306 e.